The van der Waals surface area contributed by atoms with Gasteiger partial charge in [-0.25, -0.2) is 9.59 Å². The molecule has 3 N–H and O–H groups in total. The van der Waals surface area contributed by atoms with Crippen LogP contribution in [0.1, 0.15) is 11.5 Å². The zero-order chi connectivity index (χ0) is 25.5. The largest absolute Gasteiger partial charge is 0.466 e. The van der Waals surface area contributed by atoms with E-state index < -0.39 is 23.8 Å². The molecule has 1 heterocycles. The van der Waals surface area contributed by atoms with Crippen molar-refractivity contribution < 1.29 is 28.6 Å². The Labute approximate surface area is 202 Å². The summed E-state index contributed by atoms with van der Waals surface area (Å²) in [6.45, 7) is -0.160. The first-order valence-electron chi connectivity index (χ1n) is 10.4. The van der Waals surface area contributed by atoms with E-state index in [2.05, 4.69) is 11.4 Å². The molecule has 3 rings (SSSR count). The van der Waals surface area contributed by atoms with E-state index in [0.29, 0.717) is 16.9 Å². The van der Waals surface area contributed by atoms with Crippen molar-refractivity contribution in [2.24, 2.45) is 5.73 Å². The van der Waals surface area contributed by atoms with Crippen LogP contribution in [0.4, 0.5) is 11.4 Å². The summed E-state index contributed by atoms with van der Waals surface area (Å²) in [5, 5.41) is 12.7. The quantitative estimate of drug-likeness (QED) is 0.574. The molecule has 0 aromatic heterocycles. The summed E-state index contributed by atoms with van der Waals surface area (Å²) in [5.41, 5.74) is 7.44. The van der Waals surface area contributed by atoms with Gasteiger partial charge in [0.25, 0.3) is 0 Å². The number of carbonyl (C=O) groups excluding carboxylic acids is 3. The second-order valence-corrected chi connectivity index (χ2v) is 7.37. The number of rotatable bonds is 7. The molecule has 1 aliphatic rings. The van der Waals surface area contributed by atoms with Gasteiger partial charge in [-0.15, -0.1) is 0 Å². The minimum Gasteiger partial charge on any atom is -0.466 e. The highest BCUT2D eigenvalue weighted by Crippen LogP contribution is 2.43. The first-order chi connectivity index (χ1) is 16.9. The van der Waals surface area contributed by atoms with Crippen LogP contribution in [0, 0.1) is 11.3 Å². The highest BCUT2D eigenvalue weighted by Gasteiger charge is 2.43. The molecule has 2 aromatic rings. The van der Waals surface area contributed by atoms with E-state index in [0.717, 1.165) is 0 Å². The second kappa shape index (κ2) is 11.0. The molecular formula is C25H24N4O6. The number of amides is 1. The van der Waals surface area contributed by atoms with Crippen LogP contribution in [-0.4, -0.2) is 45.8 Å². The summed E-state index contributed by atoms with van der Waals surface area (Å²) < 4.78 is 14.8. The molecule has 180 valence electrons. The molecule has 2 aromatic carbocycles. The van der Waals surface area contributed by atoms with Gasteiger partial charge in [0.1, 0.15) is 18.1 Å². The van der Waals surface area contributed by atoms with Gasteiger partial charge in [-0.1, -0.05) is 36.4 Å². The normalized spacial score (nSPS) is 15.4. The highest BCUT2D eigenvalue weighted by molar-refractivity contribution is 6.06. The molecule has 0 saturated heterocycles. The van der Waals surface area contributed by atoms with Crippen LogP contribution in [0.2, 0.25) is 0 Å². The molecule has 0 bridgehead atoms. The average Bonchev–Trinajstić information content (AvgIpc) is 2.87. The number of anilines is 2. The third kappa shape index (κ3) is 5.00. The van der Waals surface area contributed by atoms with Gasteiger partial charge in [0.15, 0.2) is 0 Å². The molecule has 1 atom stereocenters. The lowest BCUT2D eigenvalue weighted by molar-refractivity contribution is -0.139. The van der Waals surface area contributed by atoms with Crippen molar-refractivity contribution in [2.75, 3.05) is 38.2 Å². The number of nitrogens with two attached hydrogens (primary N) is 1. The van der Waals surface area contributed by atoms with Crippen LogP contribution in [0.25, 0.3) is 0 Å². The topological polar surface area (TPSA) is 144 Å². The Balaban J connectivity index is 2.29. The lowest BCUT2D eigenvalue weighted by atomic mass is 9.81. The Kier molecular flexibility index (Phi) is 7.86. The summed E-state index contributed by atoms with van der Waals surface area (Å²) >= 11 is 0. The molecule has 10 nitrogen and oxygen atoms in total. The van der Waals surface area contributed by atoms with Crippen LogP contribution < -0.4 is 16.0 Å². The Morgan fingerprint density at radius 3 is 2.31 bits per heavy atom. The van der Waals surface area contributed by atoms with Crippen molar-refractivity contribution in [1.29, 1.82) is 5.26 Å². The Morgan fingerprint density at radius 2 is 1.71 bits per heavy atom. The monoisotopic (exact) mass is 476 g/mol. The maximum Gasteiger partial charge on any atom is 0.355 e. The van der Waals surface area contributed by atoms with Gasteiger partial charge in [0, 0.05) is 18.5 Å². The molecule has 1 amide bonds. The molecule has 1 unspecified atom stereocenters. The minimum absolute atomic E-state index is 0.0399. The number of esters is 2. The molecule has 0 fully saturated rings. The van der Waals surface area contributed by atoms with Crippen LogP contribution in [0.3, 0.4) is 0 Å². The number of nitrogens with one attached hydrogen (secondary N) is 1. The summed E-state index contributed by atoms with van der Waals surface area (Å²) in [5.74, 6) is -3.12. The lowest BCUT2D eigenvalue weighted by Crippen LogP contribution is -2.40. The third-order valence-electron chi connectivity index (χ3n) is 5.27. The molecule has 0 saturated carbocycles. The van der Waals surface area contributed by atoms with Gasteiger partial charge < -0.3 is 25.3 Å². The van der Waals surface area contributed by atoms with Gasteiger partial charge in [0.05, 0.1) is 37.4 Å². The van der Waals surface area contributed by atoms with Gasteiger partial charge in [-0.2, -0.15) is 5.26 Å². The number of carbonyl (C=O) groups is 3. The van der Waals surface area contributed by atoms with E-state index in [-0.39, 0.29) is 29.3 Å². The van der Waals surface area contributed by atoms with E-state index in [1.165, 1.54) is 32.3 Å². The maximum absolute atomic E-state index is 13.1. The predicted octanol–water partition coefficient (Wildman–Crippen LogP) is 2.17. The average molecular weight is 476 g/mol. The fourth-order valence-corrected chi connectivity index (χ4v) is 3.83. The van der Waals surface area contributed by atoms with Crippen LogP contribution in [0.5, 0.6) is 0 Å². The first-order valence-corrected chi connectivity index (χ1v) is 10.4. The lowest BCUT2D eigenvalue weighted by Gasteiger charge is -2.36. The zero-order valence-corrected chi connectivity index (χ0v) is 19.4. The van der Waals surface area contributed by atoms with Gasteiger partial charge in [0.2, 0.25) is 5.91 Å². The van der Waals surface area contributed by atoms with Crippen molar-refractivity contribution in [2.45, 2.75) is 5.92 Å². The highest BCUT2D eigenvalue weighted by atomic mass is 16.5. The second-order valence-electron chi connectivity index (χ2n) is 7.37. The Bertz CT molecular complexity index is 1250. The smallest absolute Gasteiger partial charge is 0.355 e. The maximum atomic E-state index is 13.1. The Hall–Kier alpha value is -4.62. The van der Waals surface area contributed by atoms with Crippen molar-refractivity contribution in [3.05, 3.63) is 82.8 Å². The van der Waals surface area contributed by atoms with Crippen LogP contribution >= 0.6 is 0 Å². The number of nitrogens with zero attached hydrogens (tertiary/aromatic N) is 2. The zero-order valence-electron chi connectivity index (χ0n) is 19.4. The van der Waals surface area contributed by atoms with Crippen molar-refractivity contribution in [3.8, 4) is 6.07 Å². The number of hydrogen-bond acceptors (Lipinski definition) is 9. The number of nitriles is 1. The van der Waals surface area contributed by atoms with E-state index in [9.17, 15) is 19.6 Å². The van der Waals surface area contributed by atoms with Crippen molar-refractivity contribution in [1.82, 2.24) is 0 Å². The number of allylic oxidation sites excluding steroid dienone is 1. The molecular weight excluding hydrogens is 452 g/mol. The third-order valence-corrected chi connectivity index (χ3v) is 5.27. The number of hydrogen-bond donors (Lipinski definition) is 2. The fourth-order valence-electron chi connectivity index (χ4n) is 3.83. The molecule has 0 aliphatic carbocycles. The van der Waals surface area contributed by atoms with Gasteiger partial charge >= 0.3 is 11.9 Å². The molecule has 10 heteroatoms. The summed E-state index contributed by atoms with van der Waals surface area (Å²) in [6.07, 6.45) is 0. The van der Waals surface area contributed by atoms with Gasteiger partial charge in [-0.05, 0) is 23.8 Å². The van der Waals surface area contributed by atoms with E-state index in [4.69, 9.17) is 19.9 Å². The summed E-state index contributed by atoms with van der Waals surface area (Å²) in [7, 11) is 3.74. The molecule has 35 heavy (non-hydrogen) atoms. The van der Waals surface area contributed by atoms with Gasteiger partial charge in [-0.3, -0.25) is 9.69 Å². The number of methoxy groups -OCH3 is 3. The first kappa shape index (κ1) is 25.0. The van der Waals surface area contributed by atoms with Crippen LogP contribution in [0.15, 0.2) is 77.3 Å². The van der Waals surface area contributed by atoms with E-state index in [1.54, 1.807) is 48.5 Å². The predicted molar refractivity (Wildman–Crippen MR) is 126 cm³/mol. The van der Waals surface area contributed by atoms with E-state index >= 15 is 0 Å². The molecule has 0 spiro atoms. The van der Waals surface area contributed by atoms with Crippen molar-refractivity contribution in [3.63, 3.8) is 0 Å². The number of benzene rings is 2. The molecule has 1 aliphatic heterocycles. The Morgan fingerprint density at radius 1 is 1.03 bits per heavy atom. The SMILES string of the molecule is COCC(=O)Nc1cccc(N2C(N)=C(C#N)C(c3ccccc3)C(C(=O)OC)=C2C(=O)OC)c1. The van der Waals surface area contributed by atoms with Crippen molar-refractivity contribution >= 4 is 29.2 Å². The van der Waals surface area contributed by atoms with Crippen LogP contribution in [-0.2, 0) is 28.6 Å². The minimum atomic E-state index is -0.969. The number of ether oxygens (including phenoxy) is 3. The summed E-state index contributed by atoms with van der Waals surface area (Å²) in [6, 6.07) is 17.2. The standard InChI is InChI=1S/C25H24N4O6/c1-33-14-19(30)28-16-10-7-11-17(12-16)29-22(25(32)35-3)21(24(31)34-2)20(18(13-26)23(29)27)15-8-5-4-6-9-15/h4-12,20H,14,27H2,1-3H3,(H,28,30). The summed E-state index contributed by atoms with van der Waals surface area (Å²) in [4.78, 5) is 39.4. The molecule has 0 radical (unpaired) electrons. The van der Waals surface area contributed by atoms with E-state index in [1.807, 2.05) is 0 Å². The fraction of sp³-hybridized carbons (Fsp3) is 0.200.